The van der Waals surface area contributed by atoms with Crippen molar-refractivity contribution in [2.75, 3.05) is 13.1 Å². The highest BCUT2D eigenvalue weighted by atomic mass is 79.9. The molecule has 1 fully saturated rings. The van der Waals surface area contributed by atoms with Crippen LogP contribution >= 0.6 is 15.9 Å². The molecule has 138 valence electrons. The van der Waals surface area contributed by atoms with Crippen LogP contribution in [0, 0.1) is 5.82 Å². The molecular weight excluding hydrogens is 415 g/mol. The van der Waals surface area contributed by atoms with Gasteiger partial charge in [-0.15, -0.1) is 0 Å². The molecule has 0 N–H and O–H groups in total. The van der Waals surface area contributed by atoms with E-state index in [9.17, 15) is 9.18 Å². The Morgan fingerprint density at radius 2 is 2.00 bits per heavy atom. The van der Waals surface area contributed by atoms with Crippen molar-refractivity contribution in [1.82, 2.24) is 19.7 Å². The van der Waals surface area contributed by atoms with Crippen molar-refractivity contribution in [3.8, 4) is 17.1 Å². The van der Waals surface area contributed by atoms with Gasteiger partial charge in [0, 0.05) is 18.8 Å². The molecule has 2 aromatic heterocycles. The minimum Gasteiger partial charge on any atom is -0.470 e. The minimum absolute atomic E-state index is 0.0926. The Bertz CT molecular complexity index is 984. The first-order chi connectivity index (χ1) is 13.0. The lowest BCUT2D eigenvalue weighted by Gasteiger charge is -2.38. The summed E-state index contributed by atoms with van der Waals surface area (Å²) in [6.07, 6.45) is 1.57. The summed E-state index contributed by atoms with van der Waals surface area (Å²) in [6.45, 7) is 0.970. The second-order valence-corrected chi connectivity index (χ2v) is 7.14. The Labute approximate surface area is 163 Å². The number of rotatable bonds is 4. The fourth-order valence-corrected chi connectivity index (χ4v) is 3.23. The topological polar surface area (TPSA) is 60.2 Å². The number of carbonyl (C=O) groups excluding carboxylic acids is 1. The maximum atomic E-state index is 13.1. The van der Waals surface area contributed by atoms with E-state index in [0.717, 1.165) is 10.0 Å². The third-order valence-corrected chi connectivity index (χ3v) is 4.98. The summed E-state index contributed by atoms with van der Waals surface area (Å²) >= 11 is 3.39. The molecular formula is C19H16BrFN4O2. The number of carbonyl (C=O) groups is 1. The monoisotopic (exact) mass is 430 g/mol. The maximum absolute atomic E-state index is 13.1. The molecule has 3 heterocycles. The molecule has 8 heteroatoms. The molecule has 0 unspecified atom stereocenters. The molecule has 27 heavy (non-hydrogen) atoms. The predicted octanol–water partition coefficient (Wildman–Crippen LogP) is 3.29. The van der Waals surface area contributed by atoms with Gasteiger partial charge in [-0.05, 0) is 58.4 Å². The number of amides is 1. The molecule has 6 nitrogen and oxygen atoms in total. The van der Waals surface area contributed by atoms with E-state index in [1.54, 1.807) is 41.0 Å². The first-order valence-electron chi connectivity index (χ1n) is 8.37. The predicted molar refractivity (Wildman–Crippen MR) is 101 cm³/mol. The highest BCUT2D eigenvalue weighted by molar-refractivity contribution is 9.10. The summed E-state index contributed by atoms with van der Waals surface area (Å²) in [4.78, 5) is 18.6. The SMILES string of the molecule is Cn1nc(-c2ccc(F)cc2)cc1C(=O)N1CC(Oc2ncccc2Br)C1. The van der Waals surface area contributed by atoms with Gasteiger partial charge in [-0.2, -0.15) is 5.10 Å². The van der Waals surface area contributed by atoms with Crippen molar-refractivity contribution in [2.45, 2.75) is 6.10 Å². The van der Waals surface area contributed by atoms with Crippen LogP contribution < -0.4 is 4.74 Å². The number of aromatic nitrogens is 3. The minimum atomic E-state index is -0.308. The van der Waals surface area contributed by atoms with Gasteiger partial charge in [0.15, 0.2) is 0 Å². The number of aryl methyl sites for hydroxylation is 1. The molecule has 0 spiro atoms. The Balaban J connectivity index is 1.42. The molecule has 0 radical (unpaired) electrons. The molecule has 1 aliphatic rings. The smallest absolute Gasteiger partial charge is 0.272 e. The normalized spacial score (nSPS) is 14.1. The van der Waals surface area contributed by atoms with E-state index in [4.69, 9.17) is 4.74 Å². The molecule has 0 atom stereocenters. The summed E-state index contributed by atoms with van der Waals surface area (Å²) in [7, 11) is 1.72. The first-order valence-corrected chi connectivity index (χ1v) is 9.17. The van der Waals surface area contributed by atoms with Crippen LogP contribution in [0.25, 0.3) is 11.3 Å². The van der Waals surface area contributed by atoms with Gasteiger partial charge in [0.25, 0.3) is 5.91 Å². The van der Waals surface area contributed by atoms with Crippen LogP contribution in [0.3, 0.4) is 0 Å². The number of benzene rings is 1. The number of ether oxygens (including phenoxy) is 1. The van der Waals surface area contributed by atoms with Crippen molar-refractivity contribution >= 4 is 21.8 Å². The van der Waals surface area contributed by atoms with Crippen molar-refractivity contribution in [1.29, 1.82) is 0 Å². The Morgan fingerprint density at radius 3 is 2.70 bits per heavy atom. The number of hydrogen-bond donors (Lipinski definition) is 0. The summed E-state index contributed by atoms with van der Waals surface area (Å²) in [5.74, 6) is 0.101. The summed E-state index contributed by atoms with van der Waals surface area (Å²) in [5.41, 5.74) is 1.87. The van der Waals surface area contributed by atoms with Crippen LogP contribution in [0.1, 0.15) is 10.5 Å². The van der Waals surface area contributed by atoms with Crippen LogP contribution in [0.5, 0.6) is 5.88 Å². The molecule has 1 aliphatic heterocycles. The second kappa shape index (κ2) is 7.11. The lowest BCUT2D eigenvalue weighted by molar-refractivity contribution is 0.0149. The Kier molecular flexibility index (Phi) is 4.65. The van der Waals surface area contributed by atoms with Crippen molar-refractivity contribution < 1.29 is 13.9 Å². The van der Waals surface area contributed by atoms with E-state index in [0.29, 0.717) is 30.4 Å². The zero-order valence-corrected chi connectivity index (χ0v) is 16.1. The van der Waals surface area contributed by atoms with Gasteiger partial charge in [-0.25, -0.2) is 9.37 Å². The van der Waals surface area contributed by atoms with Crippen LogP contribution in [0.4, 0.5) is 4.39 Å². The van der Waals surface area contributed by atoms with Gasteiger partial charge in [0.05, 0.1) is 23.3 Å². The van der Waals surface area contributed by atoms with Gasteiger partial charge in [0.1, 0.15) is 17.6 Å². The van der Waals surface area contributed by atoms with Gasteiger partial charge in [0.2, 0.25) is 5.88 Å². The van der Waals surface area contributed by atoms with E-state index in [1.165, 1.54) is 12.1 Å². The number of likely N-dealkylation sites (tertiary alicyclic amines) is 1. The lowest BCUT2D eigenvalue weighted by Crippen LogP contribution is -2.56. The molecule has 0 aliphatic carbocycles. The molecule has 1 saturated heterocycles. The number of pyridine rings is 1. The summed E-state index contributed by atoms with van der Waals surface area (Å²) < 4.78 is 21.2. The molecule has 0 bridgehead atoms. The molecule has 3 aromatic rings. The van der Waals surface area contributed by atoms with Gasteiger partial charge < -0.3 is 9.64 Å². The first kappa shape index (κ1) is 17.7. The summed E-state index contributed by atoms with van der Waals surface area (Å²) in [6, 6.07) is 11.4. The highest BCUT2D eigenvalue weighted by Crippen LogP contribution is 2.26. The van der Waals surface area contributed by atoms with Crippen LogP contribution in [-0.2, 0) is 7.05 Å². The van der Waals surface area contributed by atoms with E-state index in [-0.39, 0.29) is 17.8 Å². The van der Waals surface area contributed by atoms with Crippen LogP contribution in [0.2, 0.25) is 0 Å². The molecule has 0 saturated carbocycles. The second-order valence-electron chi connectivity index (χ2n) is 6.29. The fourth-order valence-electron chi connectivity index (χ4n) is 2.89. The summed E-state index contributed by atoms with van der Waals surface area (Å²) in [5, 5.41) is 4.37. The van der Waals surface area contributed by atoms with Crippen molar-refractivity contribution in [3.05, 3.63) is 64.6 Å². The standard InChI is InChI=1S/C19H16BrFN4O2/c1-24-17(9-16(23-24)12-4-6-13(21)7-5-12)19(26)25-10-14(11-25)27-18-15(20)3-2-8-22-18/h2-9,14H,10-11H2,1H3. The third kappa shape index (κ3) is 3.57. The Hall–Kier alpha value is -2.74. The highest BCUT2D eigenvalue weighted by Gasteiger charge is 2.34. The fraction of sp³-hybridized carbons (Fsp3) is 0.211. The number of hydrogen-bond acceptors (Lipinski definition) is 4. The average molecular weight is 431 g/mol. The van der Waals surface area contributed by atoms with Crippen molar-refractivity contribution in [2.24, 2.45) is 7.05 Å². The maximum Gasteiger partial charge on any atom is 0.272 e. The zero-order valence-electron chi connectivity index (χ0n) is 14.5. The molecule has 1 amide bonds. The lowest BCUT2D eigenvalue weighted by atomic mass is 10.1. The van der Waals surface area contributed by atoms with Gasteiger partial charge >= 0.3 is 0 Å². The quantitative estimate of drug-likeness (QED) is 0.636. The van der Waals surface area contributed by atoms with Gasteiger partial charge in [-0.1, -0.05) is 0 Å². The Morgan fingerprint density at radius 1 is 1.26 bits per heavy atom. The average Bonchev–Trinajstić information content (AvgIpc) is 3.01. The van der Waals surface area contributed by atoms with Crippen LogP contribution in [0.15, 0.2) is 53.1 Å². The zero-order chi connectivity index (χ0) is 19.0. The van der Waals surface area contributed by atoms with E-state index >= 15 is 0 Å². The van der Waals surface area contributed by atoms with Gasteiger partial charge in [-0.3, -0.25) is 9.48 Å². The third-order valence-electron chi connectivity index (χ3n) is 4.38. The largest absolute Gasteiger partial charge is 0.470 e. The molecule has 4 rings (SSSR count). The van der Waals surface area contributed by atoms with E-state index in [2.05, 4.69) is 26.0 Å². The van der Waals surface area contributed by atoms with Crippen molar-refractivity contribution in [3.63, 3.8) is 0 Å². The van der Waals surface area contributed by atoms with E-state index < -0.39 is 0 Å². The van der Waals surface area contributed by atoms with Crippen LogP contribution in [-0.4, -0.2) is 44.8 Å². The number of nitrogens with zero attached hydrogens (tertiary/aromatic N) is 4. The number of halogens is 2. The molecule has 1 aromatic carbocycles. The van der Waals surface area contributed by atoms with E-state index in [1.807, 2.05) is 12.1 Å².